The summed E-state index contributed by atoms with van der Waals surface area (Å²) in [5.74, 6) is 0.782. The zero-order chi connectivity index (χ0) is 22.1. The van der Waals surface area contributed by atoms with Crippen molar-refractivity contribution in [2.24, 2.45) is 5.92 Å². The first-order valence-electron chi connectivity index (χ1n) is 10.5. The SMILES string of the molecule is COc1cccc([C@@H]2C(C(=O)Nc3ccc(C)cn3)=C(C)NC3=C2C(=O)C[C@@H](C)C3)c1. The quantitative estimate of drug-likeness (QED) is 0.777. The Morgan fingerprint density at radius 1 is 1.19 bits per heavy atom. The molecule has 1 aliphatic carbocycles. The number of allylic oxidation sites excluding steroid dienone is 3. The minimum Gasteiger partial charge on any atom is -0.497 e. The number of pyridine rings is 1. The Balaban J connectivity index is 1.79. The van der Waals surface area contributed by atoms with Crippen LogP contribution in [0, 0.1) is 12.8 Å². The van der Waals surface area contributed by atoms with Gasteiger partial charge in [-0.3, -0.25) is 9.59 Å². The maximum absolute atomic E-state index is 13.4. The van der Waals surface area contributed by atoms with Gasteiger partial charge in [0.1, 0.15) is 11.6 Å². The summed E-state index contributed by atoms with van der Waals surface area (Å²) in [5, 5.41) is 6.26. The van der Waals surface area contributed by atoms with Crippen molar-refractivity contribution in [1.82, 2.24) is 10.3 Å². The van der Waals surface area contributed by atoms with Crippen molar-refractivity contribution in [3.63, 3.8) is 0 Å². The Kier molecular flexibility index (Phi) is 5.63. The number of nitrogens with zero attached hydrogens (tertiary/aromatic N) is 1. The molecular weight excluding hydrogens is 390 g/mol. The van der Waals surface area contributed by atoms with E-state index >= 15 is 0 Å². The van der Waals surface area contributed by atoms with Crippen molar-refractivity contribution >= 4 is 17.5 Å². The lowest BCUT2D eigenvalue weighted by Gasteiger charge is -2.36. The minimum absolute atomic E-state index is 0.0836. The lowest BCUT2D eigenvalue weighted by Crippen LogP contribution is -2.37. The summed E-state index contributed by atoms with van der Waals surface area (Å²) in [6.07, 6.45) is 2.98. The first-order valence-corrected chi connectivity index (χ1v) is 10.5. The highest BCUT2D eigenvalue weighted by molar-refractivity contribution is 6.09. The fraction of sp³-hybridized carbons (Fsp3) is 0.320. The third kappa shape index (κ3) is 4.10. The molecule has 6 nitrogen and oxygen atoms in total. The molecule has 6 heteroatoms. The molecule has 1 aromatic heterocycles. The first kappa shape index (κ1) is 20.8. The second-order valence-corrected chi connectivity index (χ2v) is 8.38. The van der Waals surface area contributed by atoms with E-state index in [4.69, 9.17) is 4.74 Å². The van der Waals surface area contributed by atoms with Gasteiger partial charge < -0.3 is 15.4 Å². The van der Waals surface area contributed by atoms with Crippen LogP contribution in [-0.4, -0.2) is 23.8 Å². The van der Waals surface area contributed by atoms with Crippen molar-refractivity contribution in [3.05, 3.63) is 76.3 Å². The van der Waals surface area contributed by atoms with Crippen LogP contribution in [0.15, 0.2) is 65.1 Å². The first-order chi connectivity index (χ1) is 14.9. The summed E-state index contributed by atoms with van der Waals surface area (Å²) >= 11 is 0. The van der Waals surface area contributed by atoms with Crippen LogP contribution < -0.4 is 15.4 Å². The fourth-order valence-corrected chi connectivity index (χ4v) is 4.41. The van der Waals surface area contributed by atoms with E-state index in [1.165, 1.54) is 0 Å². The molecule has 0 spiro atoms. The summed E-state index contributed by atoms with van der Waals surface area (Å²) in [4.78, 5) is 30.9. The van der Waals surface area contributed by atoms with E-state index in [1.54, 1.807) is 19.4 Å². The van der Waals surface area contributed by atoms with E-state index < -0.39 is 5.92 Å². The number of amides is 1. The summed E-state index contributed by atoms with van der Waals surface area (Å²) in [5.41, 5.74) is 4.74. The Morgan fingerprint density at radius 2 is 2.00 bits per heavy atom. The largest absolute Gasteiger partial charge is 0.497 e. The molecular formula is C25H27N3O3. The molecule has 1 amide bonds. The number of nitrogens with one attached hydrogen (secondary N) is 2. The maximum atomic E-state index is 13.4. The number of hydrogen-bond acceptors (Lipinski definition) is 5. The average molecular weight is 418 g/mol. The highest BCUT2D eigenvalue weighted by Gasteiger charge is 2.40. The van der Waals surface area contributed by atoms with Crippen molar-refractivity contribution < 1.29 is 14.3 Å². The number of dihydropyridines is 1. The van der Waals surface area contributed by atoms with Gasteiger partial charge in [-0.1, -0.05) is 25.1 Å². The topological polar surface area (TPSA) is 80.3 Å². The van der Waals surface area contributed by atoms with Crippen molar-refractivity contribution in [2.45, 2.75) is 39.5 Å². The number of hydrogen-bond donors (Lipinski definition) is 2. The van der Waals surface area contributed by atoms with Gasteiger partial charge in [0.05, 0.1) is 7.11 Å². The second kappa shape index (κ2) is 8.38. The number of anilines is 1. The molecule has 1 aliphatic heterocycles. The maximum Gasteiger partial charge on any atom is 0.255 e. The Hall–Kier alpha value is -3.41. The predicted molar refractivity (Wildman–Crippen MR) is 120 cm³/mol. The van der Waals surface area contributed by atoms with E-state index in [0.29, 0.717) is 29.1 Å². The summed E-state index contributed by atoms with van der Waals surface area (Å²) in [7, 11) is 1.61. The van der Waals surface area contributed by atoms with E-state index in [-0.39, 0.29) is 17.6 Å². The lowest BCUT2D eigenvalue weighted by molar-refractivity contribution is -0.117. The van der Waals surface area contributed by atoms with Crippen molar-refractivity contribution in [3.8, 4) is 5.75 Å². The minimum atomic E-state index is -0.461. The van der Waals surface area contributed by atoms with Gasteiger partial charge in [0, 0.05) is 41.1 Å². The van der Waals surface area contributed by atoms with Gasteiger partial charge in [0.2, 0.25) is 0 Å². The van der Waals surface area contributed by atoms with Gasteiger partial charge in [-0.05, 0) is 55.5 Å². The highest BCUT2D eigenvalue weighted by atomic mass is 16.5. The molecule has 2 N–H and O–H groups in total. The normalized spacial score (nSPS) is 20.8. The number of ether oxygens (including phenoxy) is 1. The molecule has 0 bridgehead atoms. The number of ketones is 1. The fourth-order valence-electron chi connectivity index (χ4n) is 4.41. The molecule has 2 atom stereocenters. The number of benzene rings is 1. The number of aryl methyl sites for hydroxylation is 1. The number of rotatable bonds is 4. The number of aromatic nitrogens is 1. The monoisotopic (exact) mass is 417 g/mol. The Morgan fingerprint density at radius 3 is 2.71 bits per heavy atom. The number of methoxy groups -OCH3 is 1. The molecule has 2 aliphatic rings. The van der Waals surface area contributed by atoms with Crippen molar-refractivity contribution in [1.29, 1.82) is 0 Å². The van der Waals surface area contributed by atoms with Crippen LogP contribution >= 0.6 is 0 Å². The Bertz CT molecular complexity index is 1100. The molecule has 0 fully saturated rings. The van der Waals surface area contributed by atoms with Gasteiger partial charge in [-0.25, -0.2) is 4.98 Å². The van der Waals surface area contributed by atoms with Gasteiger partial charge >= 0.3 is 0 Å². The summed E-state index contributed by atoms with van der Waals surface area (Å²) in [6, 6.07) is 11.3. The van der Waals surface area contributed by atoms with Crippen LogP contribution in [0.5, 0.6) is 5.75 Å². The van der Waals surface area contributed by atoms with Crippen LogP contribution in [0.3, 0.4) is 0 Å². The van der Waals surface area contributed by atoms with Crippen LogP contribution in [-0.2, 0) is 9.59 Å². The summed E-state index contributed by atoms with van der Waals surface area (Å²) in [6.45, 7) is 5.91. The average Bonchev–Trinajstić information content (AvgIpc) is 2.74. The molecule has 0 saturated heterocycles. The summed E-state index contributed by atoms with van der Waals surface area (Å²) < 4.78 is 5.41. The van der Waals surface area contributed by atoms with E-state index in [2.05, 4.69) is 22.5 Å². The van der Waals surface area contributed by atoms with Crippen LogP contribution in [0.2, 0.25) is 0 Å². The van der Waals surface area contributed by atoms with Crippen LogP contribution in [0.1, 0.15) is 43.7 Å². The standard InChI is InChI=1S/C25H27N3O3/c1-14-8-9-21(26-13-14)28-25(30)22-16(3)27-19-10-15(2)11-20(29)24(19)23(22)17-6-5-7-18(12-17)31-4/h5-9,12-13,15,23,27H,10-11H2,1-4H3,(H,26,28,30)/t15-,23+/m0/s1. The second-order valence-electron chi connectivity index (χ2n) is 8.38. The van der Waals surface area contributed by atoms with E-state index in [0.717, 1.165) is 28.9 Å². The molecule has 2 aromatic rings. The zero-order valence-electron chi connectivity index (χ0n) is 18.3. The Labute approximate surface area is 182 Å². The van der Waals surface area contributed by atoms with Gasteiger partial charge in [-0.2, -0.15) is 0 Å². The van der Waals surface area contributed by atoms with Crippen molar-refractivity contribution in [2.75, 3.05) is 12.4 Å². The van der Waals surface area contributed by atoms with Crippen LogP contribution in [0.4, 0.5) is 5.82 Å². The third-order valence-corrected chi connectivity index (χ3v) is 5.86. The predicted octanol–water partition coefficient (Wildman–Crippen LogP) is 4.25. The lowest BCUT2D eigenvalue weighted by atomic mass is 9.73. The molecule has 2 heterocycles. The van der Waals surface area contributed by atoms with Gasteiger partial charge in [0.25, 0.3) is 5.91 Å². The molecule has 0 radical (unpaired) electrons. The third-order valence-electron chi connectivity index (χ3n) is 5.86. The smallest absolute Gasteiger partial charge is 0.255 e. The van der Waals surface area contributed by atoms with E-state index in [9.17, 15) is 9.59 Å². The molecule has 31 heavy (non-hydrogen) atoms. The number of carbonyl (C=O) groups excluding carboxylic acids is 2. The molecule has 0 saturated carbocycles. The van der Waals surface area contributed by atoms with E-state index in [1.807, 2.05) is 44.2 Å². The molecule has 0 unspecified atom stereocenters. The molecule has 160 valence electrons. The number of carbonyl (C=O) groups is 2. The highest BCUT2D eigenvalue weighted by Crippen LogP contribution is 2.44. The molecule has 4 rings (SSSR count). The number of Topliss-reactive ketones (excluding diaryl/α,β-unsaturated/α-hetero) is 1. The van der Waals surface area contributed by atoms with Crippen LogP contribution in [0.25, 0.3) is 0 Å². The molecule has 1 aromatic carbocycles. The zero-order valence-corrected chi connectivity index (χ0v) is 18.3. The van der Waals surface area contributed by atoms with Gasteiger partial charge in [0.15, 0.2) is 5.78 Å². The van der Waals surface area contributed by atoms with Gasteiger partial charge in [-0.15, -0.1) is 0 Å².